The molecular formula is C23H23NO4. The summed E-state index contributed by atoms with van der Waals surface area (Å²) in [6.45, 7) is 1.60. The Morgan fingerprint density at radius 1 is 0.964 bits per heavy atom. The first-order valence-corrected chi connectivity index (χ1v) is 9.13. The van der Waals surface area contributed by atoms with Gasteiger partial charge in [0, 0.05) is 5.56 Å². The summed E-state index contributed by atoms with van der Waals surface area (Å²) in [5, 5.41) is 5.09. The Labute approximate surface area is 164 Å². The third-order valence-corrected chi connectivity index (χ3v) is 4.56. The van der Waals surface area contributed by atoms with Gasteiger partial charge < -0.3 is 14.8 Å². The van der Waals surface area contributed by atoms with E-state index in [9.17, 15) is 9.59 Å². The van der Waals surface area contributed by atoms with Crippen molar-refractivity contribution >= 4 is 22.6 Å². The molecule has 0 aromatic heterocycles. The van der Waals surface area contributed by atoms with Crippen molar-refractivity contribution in [2.45, 2.75) is 19.4 Å². The molecule has 5 nitrogen and oxygen atoms in total. The summed E-state index contributed by atoms with van der Waals surface area (Å²) >= 11 is 0. The fraction of sp³-hybridized carbons (Fsp3) is 0.217. The number of carbonyl (C=O) groups is 2. The highest BCUT2D eigenvalue weighted by molar-refractivity contribution is 5.87. The third-order valence-electron chi connectivity index (χ3n) is 4.56. The fourth-order valence-electron chi connectivity index (χ4n) is 3.19. The highest BCUT2D eigenvalue weighted by Gasteiger charge is 2.15. The van der Waals surface area contributed by atoms with Gasteiger partial charge in [0.25, 0.3) is 5.91 Å². The summed E-state index contributed by atoms with van der Waals surface area (Å²) in [5.74, 6) is -0.195. The van der Waals surface area contributed by atoms with Crippen molar-refractivity contribution in [1.29, 1.82) is 0 Å². The number of nitrogens with one attached hydrogen (secondary N) is 1. The fourth-order valence-corrected chi connectivity index (χ4v) is 3.19. The quantitative estimate of drug-likeness (QED) is 0.636. The minimum atomic E-state index is -0.475. The van der Waals surface area contributed by atoms with E-state index in [2.05, 4.69) is 5.32 Å². The molecule has 1 atom stereocenters. The molecule has 1 amide bonds. The first-order chi connectivity index (χ1) is 13.6. The number of ether oxygens (including phenoxy) is 2. The number of benzene rings is 3. The van der Waals surface area contributed by atoms with Crippen LogP contribution in [0.3, 0.4) is 0 Å². The van der Waals surface area contributed by atoms with Crippen LogP contribution in [0.15, 0.2) is 66.7 Å². The van der Waals surface area contributed by atoms with Gasteiger partial charge in [-0.2, -0.15) is 0 Å². The van der Waals surface area contributed by atoms with Crippen LogP contribution in [-0.2, 0) is 20.7 Å². The van der Waals surface area contributed by atoms with E-state index in [0.717, 1.165) is 21.9 Å². The molecule has 0 radical (unpaired) electrons. The highest BCUT2D eigenvalue weighted by Crippen LogP contribution is 2.24. The molecule has 5 heteroatoms. The van der Waals surface area contributed by atoms with Crippen LogP contribution in [0.4, 0.5) is 0 Å². The van der Waals surface area contributed by atoms with Gasteiger partial charge in [0.1, 0.15) is 5.75 Å². The normalized spacial score (nSPS) is 11.6. The topological polar surface area (TPSA) is 64.6 Å². The van der Waals surface area contributed by atoms with E-state index in [-0.39, 0.29) is 25.0 Å². The number of methoxy groups -OCH3 is 1. The molecule has 0 saturated heterocycles. The lowest BCUT2D eigenvalue weighted by molar-refractivity contribution is -0.148. The van der Waals surface area contributed by atoms with Gasteiger partial charge in [-0.3, -0.25) is 9.59 Å². The maximum atomic E-state index is 12.2. The molecule has 3 aromatic carbocycles. The lowest BCUT2D eigenvalue weighted by Gasteiger charge is -2.16. The van der Waals surface area contributed by atoms with Crippen LogP contribution >= 0.6 is 0 Å². The average molecular weight is 377 g/mol. The number of carbonyl (C=O) groups excluding carboxylic acids is 2. The summed E-state index contributed by atoms with van der Waals surface area (Å²) in [5.41, 5.74) is 1.74. The predicted molar refractivity (Wildman–Crippen MR) is 108 cm³/mol. The van der Waals surface area contributed by atoms with Gasteiger partial charge in [-0.1, -0.05) is 60.7 Å². The Balaban J connectivity index is 1.56. The molecule has 0 aliphatic heterocycles. The summed E-state index contributed by atoms with van der Waals surface area (Å²) in [6, 6.07) is 21.0. The minimum absolute atomic E-state index is 0.0518. The number of hydrogen-bond donors (Lipinski definition) is 1. The van der Waals surface area contributed by atoms with Crippen LogP contribution in [0.5, 0.6) is 5.75 Å². The predicted octanol–water partition coefficient (Wildman–Crippen LogP) is 3.81. The van der Waals surface area contributed by atoms with E-state index in [0.29, 0.717) is 5.75 Å². The van der Waals surface area contributed by atoms with Crippen molar-refractivity contribution in [1.82, 2.24) is 5.32 Å². The average Bonchev–Trinajstić information content (AvgIpc) is 2.72. The molecule has 1 N–H and O–H groups in total. The van der Waals surface area contributed by atoms with Gasteiger partial charge in [-0.15, -0.1) is 0 Å². The van der Waals surface area contributed by atoms with E-state index >= 15 is 0 Å². The molecule has 3 aromatic rings. The van der Waals surface area contributed by atoms with Crippen molar-refractivity contribution in [3.05, 3.63) is 77.9 Å². The number of esters is 1. The first-order valence-electron chi connectivity index (χ1n) is 9.13. The zero-order chi connectivity index (χ0) is 19.9. The standard InChI is InChI=1S/C23H23NO4/c1-16(19-12-7-10-17-8-3-5-11-20(17)19)24-22(25)15-28-23(26)14-18-9-4-6-13-21(18)27-2/h3-13,16H,14-15H2,1-2H3,(H,24,25). The first kappa shape index (κ1) is 19.4. The minimum Gasteiger partial charge on any atom is -0.496 e. The molecule has 144 valence electrons. The summed E-state index contributed by atoms with van der Waals surface area (Å²) in [6.07, 6.45) is 0.0518. The van der Waals surface area contributed by atoms with Crippen LogP contribution in [0.1, 0.15) is 24.1 Å². The number of para-hydroxylation sites is 1. The Hall–Kier alpha value is -3.34. The second-order valence-corrected chi connectivity index (χ2v) is 6.51. The Morgan fingerprint density at radius 2 is 1.68 bits per heavy atom. The molecule has 0 spiro atoms. The van der Waals surface area contributed by atoms with Gasteiger partial charge in [0.05, 0.1) is 19.6 Å². The molecule has 0 bridgehead atoms. The van der Waals surface area contributed by atoms with E-state index in [1.165, 1.54) is 0 Å². The molecule has 3 rings (SSSR count). The van der Waals surface area contributed by atoms with Crippen molar-refractivity contribution in [3.8, 4) is 5.75 Å². The number of rotatable bonds is 7. The Bertz CT molecular complexity index is 978. The van der Waals surface area contributed by atoms with E-state index in [4.69, 9.17) is 9.47 Å². The zero-order valence-electron chi connectivity index (χ0n) is 16.0. The molecule has 28 heavy (non-hydrogen) atoms. The monoisotopic (exact) mass is 377 g/mol. The molecule has 0 heterocycles. The van der Waals surface area contributed by atoms with Crippen LogP contribution in [-0.4, -0.2) is 25.6 Å². The smallest absolute Gasteiger partial charge is 0.310 e. The van der Waals surface area contributed by atoms with Crippen molar-refractivity contribution in [2.75, 3.05) is 13.7 Å². The maximum absolute atomic E-state index is 12.2. The van der Waals surface area contributed by atoms with Crippen LogP contribution < -0.4 is 10.1 Å². The van der Waals surface area contributed by atoms with Gasteiger partial charge >= 0.3 is 5.97 Å². The van der Waals surface area contributed by atoms with Gasteiger partial charge in [0.15, 0.2) is 6.61 Å². The number of fused-ring (bicyclic) bond motifs is 1. The third kappa shape index (κ3) is 4.68. The van der Waals surface area contributed by atoms with Crippen LogP contribution in [0, 0.1) is 0 Å². The van der Waals surface area contributed by atoms with E-state index in [1.54, 1.807) is 19.2 Å². The SMILES string of the molecule is COc1ccccc1CC(=O)OCC(=O)NC(C)c1cccc2ccccc12. The van der Waals surface area contributed by atoms with E-state index < -0.39 is 5.97 Å². The molecule has 0 fully saturated rings. The summed E-state index contributed by atoms with van der Waals surface area (Å²) in [7, 11) is 1.55. The molecular weight excluding hydrogens is 354 g/mol. The number of amides is 1. The van der Waals surface area contributed by atoms with Crippen LogP contribution in [0.2, 0.25) is 0 Å². The zero-order valence-corrected chi connectivity index (χ0v) is 16.0. The molecule has 0 saturated carbocycles. The van der Waals surface area contributed by atoms with Crippen LogP contribution in [0.25, 0.3) is 10.8 Å². The Kier molecular flexibility index (Phi) is 6.27. The summed E-state index contributed by atoms with van der Waals surface area (Å²) in [4.78, 5) is 24.3. The molecule has 1 unspecified atom stereocenters. The van der Waals surface area contributed by atoms with Crippen molar-refractivity contribution in [2.24, 2.45) is 0 Å². The molecule has 0 aliphatic carbocycles. The molecule has 0 aliphatic rings. The Morgan fingerprint density at radius 3 is 2.50 bits per heavy atom. The van der Waals surface area contributed by atoms with Gasteiger partial charge in [0.2, 0.25) is 0 Å². The largest absolute Gasteiger partial charge is 0.496 e. The second kappa shape index (κ2) is 9.04. The number of hydrogen-bond acceptors (Lipinski definition) is 4. The second-order valence-electron chi connectivity index (χ2n) is 6.51. The van der Waals surface area contributed by atoms with Gasteiger partial charge in [-0.25, -0.2) is 0 Å². The lowest BCUT2D eigenvalue weighted by atomic mass is 10.00. The summed E-state index contributed by atoms with van der Waals surface area (Å²) < 4.78 is 10.3. The van der Waals surface area contributed by atoms with Crippen molar-refractivity contribution < 1.29 is 19.1 Å². The van der Waals surface area contributed by atoms with Gasteiger partial charge in [-0.05, 0) is 29.3 Å². The lowest BCUT2D eigenvalue weighted by Crippen LogP contribution is -2.31. The maximum Gasteiger partial charge on any atom is 0.310 e. The highest BCUT2D eigenvalue weighted by atomic mass is 16.5. The van der Waals surface area contributed by atoms with E-state index in [1.807, 2.05) is 61.5 Å². The van der Waals surface area contributed by atoms with Crippen molar-refractivity contribution in [3.63, 3.8) is 0 Å².